The number of nitrogens with two attached hydrogens (primary N) is 1. The van der Waals surface area contributed by atoms with Gasteiger partial charge in [0.1, 0.15) is 0 Å². The molecule has 1 saturated heterocycles. The highest BCUT2D eigenvalue weighted by Gasteiger charge is 2.22. The minimum atomic E-state index is -3.30. The van der Waals surface area contributed by atoms with Crippen LogP contribution in [-0.2, 0) is 14.8 Å². The second-order valence-corrected chi connectivity index (χ2v) is 5.06. The first-order valence-corrected chi connectivity index (χ1v) is 5.81. The molecule has 2 N–H and O–H groups in total. The Balaban J connectivity index is 2.43. The maximum atomic E-state index is 10.7. The summed E-state index contributed by atoms with van der Waals surface area (Å²) < 4.78 is 26.8. The lowest BCUT2D eigenvalue weighted by Gasteiger charge is -2.26. The van der Waals surface area contributed by atoms with Crippen molar-refractivity contribution >= 4 is 10.0 Å². The summed E-state index contributed by atoms with van der Waals surface area (Å²) in [5.41, 5.74) is 0. The van der Waals surface area contributed by atoms with Gasteiger partial charge in [-0.25, -0.2) is 13.6 Å². The Morgan fingerprint density at radius 1 is 1.58 bits per heavy atom. The summed E-state index contributed by atoms with van der Waals surface area (Å²) in [7, 11) is -3.30. The molecule has 1 aliphatic heterocycles. The van der Waals surface area contributed by atoms with Crippen LogP contribution in [0.25, 0.3) is 0 Å². The fourth-order valence-corrected chi connectivity index (χ4v) is 2.53. The first-order chi connectivity index (χ1) is 5.47. The van der Waals surface area contributed by atoms with Crippen molar-refractivity contribution in [3.05, 3.63) is 0 Å². The maximum Gasteiger partial charge on any atom is 0.209 e. The highest BCUT2D eigenvalue weighted by molar-refractivity contribution is 7.89. The molecule has 1 fully saturated rings. The van der Waals surface area contributed by atoms with Crippen molar-refractivity contribution in [1.29, 1.82) is 0 Å². The molecule has 5 heteroatoms. The van der Waals surface area contributed by atoms with Crippen LogP contribution < -0.4 is 5.14 Å². The largest absolute Gasteiger partial charge is 0.378 e. The second-order valence-electron chi connectivity index (χ2n) is 3.40. The van der Waals surface area contributed by atoms with Gasteiger partial charge in [0, 0.05) is 6.61 Å². The minimum Gasteiger partial charge on any atom is -0.378 e. The topological polar surface area (TPSA) is 69.4 Å². The Morgan fingerprint density at radius 3 is 2.75 bits per heavy atom. The van der Waals surface area contributed by atoms with Gasteiger partial charge in [0.05, 0.1) is 11.9 Å². The predicted molar refractivity (Wildman–Crippen MR) is 46.1 cm³/mol. The van der Waals surface area contributed by atoms with Gasteiger partial charge in [-0.2, -0.15) is 0 Å². The van der Waals surface area contributed by atoms with Crippen molar-refractivity contribution in [3.63, 3.8) is 0 Å². The standard InChI is InChI=1S/C7H15NO3S/c1-6-4-7(2-3-11-6)5-12(8,9)10/h6-7H,2-5H2,1H3,(H2,8,9,10). The molecule has 12 heavy (non-hydrogen) atoms. The van der Waals surface area contributed by atoms with Crippen molar-refractivity contribution in [2.24, 2.45) is 11.1 Å². The van der Waals surface area contributed by atoms with Crippen molar-refractivity contribution < 1.29 is 13.2 Å². The average molecular weight is 193 g/mol. The van der Waals surface area contributed by atoms with Crippen LogP contribution in [0.5, 0.6) is 0 Å². The molecule has 1 rings (SSSR count). The summed E-state index contributed by atoms with van der Waals surface area (Å²) in [6.07, 6.45) is 1.78. The number of ether oxygens (including phenoxy) is 1. The number of sulfonamides is 1. The molecule has 0 aliphatic carbocycles. The van der Waals surface area contributed by atoms with Gasteiger partial charge < -0.3 is 4.74 Å². The smallest absolute Gasteiger partial charge is 0.209 e. The van der Waals surface area contributed by atoms with E-state index in [9.17, 15) is 8.42 Å². The highest BCUT2D eigenvalue weighted by Crippen LogP contribution is 2.20. The Labute approximate surface area is 73.1 Å². The zero-order chi connectivity index (χ0) is 9.19. The maximum absolute atomic E-state index is 10.7. The van der Waals surface area contributed by atoms with Crippen molar-refractivity contribution in [1.82, 2.24) is 0 Å². The van der Waals surface area contributed by atoms with Gasteiger partial charge >= 0.3 is 0 Å². The van der Waals surface area contributed by atoms with Gasteiger partial charge in [0.15, 0.2) is 0 Å². The van der Waals surface area contributed by atoms with E-state index in [4.69, 9.17) is 9.88 Å². The van der Waals surface area contributed by atoms with E-state index in [-0.39, 0.29) is 17.8 Å². The Morgan fingerprint density at radius 2 is 2.25 bits per heavy atom. The summed E-state index contributed by atoms with van der Waals surface area (Å²) in [4.78, 5) is 0. The quantitative estimate of drug-likeness (QED) is 0.675. The summed E-state index contributed by atoms with van der Waals surface area (Å²) in [5.74, 6) is 0.282. The molecule has 0 saturated carbocycles. The van der Waals surface area contributed by atoms with Gasteiger partial charge in [0.2, 0.25) is 10.0 Å². The molecule has 0 radical (unpaired) electrons. The molecule has 0 aromatic heterocycles. The van der Waals surface area contributed by atoms with Crippen molar-refractivity contribution in [2.45, 2.75) is 25.9 Å². The van der Waals surface area contributed by atoms with Crippen molar-refractivity contribution in [3.8, 4) is 0 Å². The van der Waals surface area contributed by atoms with Crippen LogP contribution in [0.15, 0.2) is 0 Å². The summed E-state index contributed by atoms with van der Waals surface area (Å²) in [6, 6.07) is 0. The number of primary sulfonamides is 1. The van der Waals surface area contributed by atoms with Gasteiger partial charge in [-0.3, -0.25) is 0 Å². The molecule has 0 spiro atoms. The normalized spacial score (nSPS) is 31.8. The lowest BCUT2D eigenvalue weighted by atomic mass is 9.98. The SMILES string of the molecule is CC1CC(CS(N)(=O)=O)CCO1. The van der Waals surface area contributed by atoms with Crippen LogP contribution >= 0.6 is 0 Å². The third-order valence-corrected chi connectivity index (χ3v) is 3.00. The Bertz CT molecular complexity index is 237. The van der Waals surface area contributed by atoms with Crippen LogP contribution in [0, 0.1) is 5.92 Å². The third-order valence-electron chi connectivity index (χ3n) is 2.06. The first kappa shape index (κ1) is 9.95. The molecule has 0 aromatic rings. The first-order valence-electron chi connectivity index (χ1n) is 4.09. The zero-order valence-corrected chi connectivity index (χ0v) is 8.01. The van der Waals surface area contributed by atoms with E-state index in [2.05, 4.69) is 0 Å². The van der Waals surface area contributed by atoms with E-state index in [1.807, 2.05) is 6.92 Å². The van der Waals surface area contributed by atoms with Crippen LogP contribution in [0.2, 0.25) is 0 Å². The lowest BCUT2D eigenvalue weighted by molar-refractivity contribution is 0.00751. The Kier molecular flexibility index (Phi) is 3.09. The molecule has 0 aromatic carbocycles. The summed E-state index contributed by atoms with van der Waals surface area (Å²) in [5, 5.41) is 4.94. The van der Waals surface area contributed by atoms with E-state index in [1.54, 1.807) is 0 Å². The number of rotatable bonds is 2. The summed E-state index contributed by atoms with van der Waals surface area (Å²) >= 11 is 0. The van der Waals surface area contributed by atoms with Crippen LogP contribution in [0.4, 0.5) is 0 Å². The van der Waals surface area contributed by atoms with Gasteiger partial charge in [-0.1, -0.05) is 0 Å². The van der Waals surface area contributed by atoms with E-state index in [0.717, 1.165) is 12.8 Å². The van der Waals surface area contributed by atoms with E-state index >= 15 is 0 Å². The van der Waals surface area contributed by atoms with E-state index < -0.39 is 10.0 Å². The predicted octanol–water partition coefficient (Wildman–Crippen LogP) is 0.0900. The van der Waals surface area contributed by atoms with Crippen LogP contribution in [0.1, 0.15) is 19.8 Å². The molecule has 2 unspecified atom stereocenters. The molecular weight excluding hydrogens is 178 g/mol. The monoisotopic (exact) mass is 193 g/mol. The third kappa shape index (κ3) is 3.51. The lowest BCUT2D eigenvalue weighted by Crippen LogP contribution is -2.30. The molecular formula is C7H15NO3S. The molecule has 2 atom stereocenters. The van der Waals surface area contributed by atoms with Crippen LogP contribution in [-0.4, -0.2) is 26.9 Å². The second kappa shape index (κ2) is 3.72. The Hall–Kier alpha value is -0.130. The number of hydrogen-bond acceptors (Lipinski definition) is 3. The molecule has 4 nitrogen and oxygen atoms in total. The zero-order valence-electron chi connectivity index (χ0n) is 7.19. The molecule has 0 bridgehead atoms. The minimum absolute atomic E-state index is 0.0979. The highest BCUT2D eigenvalue weighted by atomic mass is 32.2. The van der Waals surface area contributed by atoms with Crippen LogP contribution in [0.3, 0.4) is 0 Å². The fraction of sp³-hybridized carbons (Fsp3) is 1.00. The summed E-state index contributed by atoms with van der Waals surface area (Å²) in [6.45, 7) is 2.61. The van der Waals surface area contributed by atoms with Gasteiger partial charge in [-0.15, -0.1) is 0 Å². The van der Waals surface area contributed by atoms with E-state index in [0.29, 0.717) is 6.61 Å². The molecule has 1 heterocycles. The van der Waals surface area contributed by atoms with E-state index in [1.165, 1.54) is 0 Å². The average Bonchev–Trinajstić information content (AvgIpc) is 1.82. The molecule has 0 amide bonds. The molecule has 72 valence electrons. The van der Waals surface area contributed by atoms with Crippen molar-refractivity contribution in [2.75, 3.05) is 12.4 Å². The van der Waals surface area contributed by atoms with Gasteiger partial charge in [0.25, 0.3) is 0 Å². The number of hydrogen-bond donors (Lipinski definition) is 1. The fourth-order valence-electron chi connectivity index (χ4n) is 1.57. The molecule has 1 aliphatic rings. The van der Waals surface area contributed by atoms with Gasteiger partial charge in [-0.05, 0) is 25.7 Å².